The number of carbonyl (C=O) groups excluding carboxylic acids is 1. The first-order chi connectivity index (χ1) is 19.6. The predicted octanol–water partition coefficient (Wildman–Crippen LogP) is 4.54. The summed E-state index contributed by atoms with van der Waals surface area (Å²) < 4.78 is 19.6. The number of urea groups is 1. The molecule has 4 aromatic rings. The van der Waals surface area contributed by atoms with Crippen molar-refractivity contribution in [2.45, 2.75) is 25.6 Å². The van der Waals surface area contributed by atoms with Crippen LogP contribution in [0.2, 0.25) is 0 Å². The van der Waals surface area contributed by atoms with Crippen LogP contribution in [-0.2, 0) is 6.67 Å². The highest BCUT2D eigenvalue weighted by molar-refractivity contribution is 9.10. The monoisotopic (exact) mass is 625 g/mol. The number of halogens is 2. The van der Waals surface area contributed by atoms with E-state index < -0.39 is 23.2 Å². The van der Waals surface area contributed by atoms with Gasteiger partial charge in [0, 0.05) is 53.7 Å². The molecule has 2 aromatic heterocycles. The molecule has 2 fully saturated rings. The third kappa shape index (κ3) is 4.93. The summed E-state index contributed by atoms with van der Waals surface area (Å²) in [5.74, 6) is -2.08. The van der Waals surface area contributed by atoms with Crippen LogP contribution in [-0.4, -0.2) is 62.4 Å². The van der Waals surface area contributed by atoms with Crippen molar-refractivity contribution in [3.8, 4) is 5.88 Å². The minimum Gasteiger partial charge on any atom is -0.493 e. The highest BCUT2D eigenvalue weighted by Gasteiger charge is 2.29. The Hall–Kier alpha value is -4.30. The molecular weight excluding hydrogens is 601 g/mol. The summed E-state index contributed by atoms with van der Waals surface area (Å²) in [4.78, 5) is 39.6. The SMILES string of the molecule is NC(=O)N=Nc1c(O)n(CN2CCN(c3cc4c(cc3F)c(=O)c(C(=O)O)cn4C3CC3)CC2)c2ccc(Br)cc12. The molecule has 41 heavy (non-hydrogen) atoms. The van der Waals surface area contributed by atoms with Crippen LogP contribution in [0.25, 0.3) is 21.8 Å². The van der Waals surface area contributed by atoms with Crippen LogP contribution < -0.4 is 16.1 Å². The summed E-state index contributed by atoms with van der Waals surface area (Å²) >= 11 is 3.41. The fourth-order valence-electron chi connectivity index (χ4n) is 5.38. The van der Waals surface area contributed by atoms with E-state index in [9.17, 15) is 24.6 Å². The number of fused-ring (bicyclic) bond motifs is 2. The lowest BCUT2D eigenvalue weighted by atomic mass is 10.1. The van der Waals surface area contributed by atoms with Crippen LogP contribution in [0.4, 0.5) is 20.6 Å². The number of hydrogen-bond donors (Lipinski definition) is 3. The Morgan fingerprint density at radius 2 is 1.80 bits per heavy atom. The molecule has 0 radical (unpaired) electrons. The summed E-state index contributed by atoms with van der Waals surface area (Å²) in [6.45, 7) is 2.34. The second kappa shape index (κ2) is 10.3. The molecule has 4 N–H and O–H groups in total. The molecule has 12 nitrogen and oxygen atoms in total. The Bertz CT molecular complexity index is 1820. The highest BCUT2D eigenvalue weighted by Crippen LogP contribution is 2.41. The summed E-state index contributed by atoms with van der Waals surface area (Å²) in [7, 11) is 0. The smallest absolute Gasteiger partial charge is 0.356 e. The third-order valence-electron chi connectivity index (χ3n) is 7.55. The van der Waals surface area contributed by atoms with Gasteiger partial charge in [0.2, 0.25) is 11.3 Å². The Kier molecular flexibility index (Phi) is 6.74. The molecule has 1 aliphatic carbocycles. The Morgan fingerprint density at radius 3 is 2.46 bits per heavy atom. The number of carbonyl (C=O) groups is 2. The van der Waals surface area contributed by atoms with Gasteiger partial charge >= 0.3 is 12.0 Å². The van der Waals surface area contributed by atoms with Gasteiger partial charge in [-0.3, -0.25) is 14.3 Å². The molecule has 1 saturated heterocycles. The number of rotatable bonds is 6. The van der Waals surface area contributed by atoms with Gasteiger partial charge < -0.3 is 25.4 Å². The van der Waals surface area contributed by atoms with Crippen molar-refractivity contribution in [3.05, 3.63) is 62.6 Å². The topological polar surface area (TPSA) is 159 Å². The lowest BCUT2D eigenvalue weighted by Gasteiger charge is -2.36. The van der Waals surface area contributed by atoms with Gasteiger partial charge in [0.15, 0.2) is 5.69 Å². The second-order valence-corrected chi connectivity index (χ2v) is 11.1. The molecular formula is C27H25BrFN7O5. The highest BCUT2D eigenvalue weighted by atomic mass is 79.9. The lowest BCUT2D eigenvalue weighted by Crippen LogP contribution is -2.47. The van der Waals surface area contributed by atoms with Crippen molar-refractivity contribution in [1.82, 2.24) is 14.0 Å². The second-order valence-electron chi connectivity index (χ2n) is 10.2. The van der Waals surface area contributed by atoms with Crippen molar-refractivity contribution >= 4 is 61.1 Å². The maximum absolute atomic E-state index is 15.4. The largest absolute Gasteiger partial charge is 0.493 e. The van der Waals surface area contributed by atoms with Crippen molar-refractivity contribution < 1.29 is 24.2 Å². The molecule has 0 atom stereocenters. The number of piperazine rings is 1. The normalized spacial score (nSPS) is 16.3. The molecule has 2 aromatic carbocycles. The van der Waals surface area contributed by atoms with Crippen LogP contribution in [0.3, 0.4) is 0 Å². The summed E-state index contributed by atoms with van der Waals surface area (Å²) in [5, 5.41) is 28.3. The maximum atomic E-state index is 15.4. The quantitative estimate of drug-likeness (QED) is 0.265. The Labute approximate surface area is 240 Å². The van der Waals surface area contributed by atoms with Crippen LogP contribution in [0.5, 0.6) is 5.88 Å². The van der Waals surface area contributed by atoms with E-state index in [0.717, 1.165) is 23.4 Å². The number of azo groups is 1. The number of hydrogen-bond acceptors (Lipinski definition) is 7. The molecule has 14 heteroatoms. The molecule has 0 bridgehead atoms. The predicted molar refractivity (Wildman–Crippen MR) is 153 cm³/mol. The number of pyridine rings is 1. The molecule has 2 amide bonds. The van der Waals surface area contributed by atoms with Gasteiger partial charge in [-0.25, -0.2) is 14.0 Å². The fraction of sp³-hybridized carbons (Fsp3) is 0.296. The standard InChI is InChI=1S/C27H25BrFN7O5/c28-14-1-4-20-16(9-14)23(31-32-27(30)41)25(38)36(20)13-33-5-7-34(8-6-33)22-11-21-17(10-19(22)29)24(37)18(26(39)40)12-35(21)15-2-3-15/h1,4,9-12,15,38H,2-3,5-8,13H2,(H2,30,41)(H,39,40). The Morgan fingerprint density at radius 1 is 1.07 bits per heavy atom. The van der Waals surface area contributed by atoms with E-state index in [2.05, 4.69) is 31.1 Å². The van der Waals surface area contributed by atoms with Crippen molar-refractivity contribution in [3.63, 3.8) is 0 Å². The number of carboxylic acid groups (broad SMARTS) is 1. The number of aromatic hydroxyl groups is 1. The van der Waals surface area contributed by atoms with Gasteiger partial charge in [0.05, 0.1) is 23.4 Å². The zero-order valence-corrected chi connectivity index (χ0v) is 23.2. The number of benzene rings is 2. The Balaban J connectivity index is 1.26. The van der Waals surface area contributed by atoms with E-state index in [-0.39, 0.29) is 28.6 Å². The third-order valence-corrected chi connectivity index (χ3v) is 8.04. The molecule has 1 aliphatic heterocycles. The zero-order chi connectivity index (χ0) is 29.0. The molecule has 2 aliphatic rings. The van der Waals surface area contributed by atoms with Gasteiger partial charge in [-0.15, -0.1) is 5.11 Å². The molecule has 0 spiro atoms. The number of aromatic nitrogens is 2. The molecule has 1 saturated carbocycles. The first kappa shape index (κ1) is 26.9. The average molecular weight is 626 g/mol. The van der Waals surface area contributed by atoms with Crippen molar-refractivity contribution in [2.75, 3.05) is 31.1 Å². The van der Waals surface area contributed by atoms with Gasteiger partial charge in [-0.2, -0.15) is 0 Å². The summed E-state index contributed by atoms with van der Waals surface area (Å²) in [6.07, 6.45) is 3.10. The number of anilines is 1. The van der Waals surface area contributed by atoms with Gasteiger partial charge in [-0.05, 0) is 43.2 Å². The van der Waals surface area contributed by atoms with Crippen LogP contribution >= 0.6 is 15.9 Å². The molecule has 0 unspecified atom stereocenters. The van der Waals surface area contributed by atoms with Crippen LogP contribution in [0.15, 0.2) is 56.0 Å². The van der Waals surface area contributed by atoms with E-state index in [0.29, 0.717) is 55.0 Å². The maximum Gasteiger partial charge on any atom is 0.356 e. The van der Waals surface area contributed by atoms with E-state index in [1.54, 1.807) is 21.3 Å². The summed E-state index contributed by atoms with van der Waals surface area (Å²) in [6, 6.07) is 7.31. The number of aromatic carboxylic acids is 1. The van der Waals surface area contributed by atoms with Gasteiger partial charge in [0.25, 0.3) is 0 Å². The van der Waals surface area contributed by atoms with E-state index in [1.165, 1.54) is 6.20 Å². The molecule has 3 heterocycles. The first-order valence-corrected chi connectivity index (χ1v) is 13.7. The van der Waals surface area contributed by atoms with Gasteiger partial charge in [0.1, 0.15) is 11.4 Å². The van der Waals surface area contributed by atoms with E-state index in [1.807, 2.05) is 17.0 Å². The zero-order valence-electron chi connectivity index (χ0n) is 21.6. The molecule has 6 rings (SSSR count). The van der Waals surface area contributed by atoms with Crippen LogP contribution in [0.1, 0.15) is 29.2 Å². The average Bonchev–Trinajstić information content (AvgIpc) is 3.74. The van der Waals surface area contributed by atoms with Crippen molar-refractivity contribution in [2.24, 2.45) is 16.0 Å². The number of nitrogens with zero attached hydrogens (tertiary/aromatic N) is 6. The van der Waals surface area contributed by atoms with Gasteiger partial charge in [-0.1, -0.05) is 21.0 Å². The number of carboxylic acids is 1. The number of amides is 2. The number of nitrogens with two attached hydrogens (primary N) is 1. The summed E-state index contributed by atoms with van der Waals surface area (Å²) in [5.41, 5.74) is 5.73. The van der Waals surface area contributed by atoms with E-state index >= 15 is 4.39 Å². The number of primary amides is 1. The van der Waals surface area contributed by atoms with E-state index in [4.69, 9.17) is 5.73 Å². The minimum absolute atomic E-state index is 0.0579. The lowest BCUT2D eigenvalue weighted by molar-refractivity contribution is 0.0694. The minimum atomic E-state index is -1.33. The first-order valence-electron chi connectivity index (χ1n) is 12.9. The fourth-order valence-corrected chi connectivity index (χ4v) is 5.74. The molecule has 212 valence electrons. The van der Waals surface area contributed by atoms with Crippen LogP contribution in [0, 0.1) is 5.82 Å². The van der Waals surface area contributed by atoms with Crippen molar-refractivity contribution in [1.29, 1.82) is 0 Å².